The number of fused-ring (bicyclic) bond motifs is 1. The van der Waals surface area contributed by atoms with E-state index in [-0.39, 0.29) is 18.2 Å². The third kappa shape index (κ3) is 5.03. The summed E-state index contributed by atoms with van der Waals surface area (Å²) in [5.74, 6) is -0.597. The predicted molar refractivity (Wildman–Crippen MR) is 119 cm³/mol. The third-order valence-electron chi connectivity index (χ3n) is 5.71. The number of halogens is 3. The van der Waals surface area contributed by atoms with Gasteiger partial charge >= 0.3 is 6.18 Å². The number of aryl methyl sites for hydroxylation is 1. The SMILES string of the molecule is Cc1nc(NCC(F)(F)F)nc(N[C@@H]2C[C@H](C(C)O)[C@@H](O)[C@H]2O)c1-c1nc2ccccc2s1. The van der Waals surface area contributed by atoms with Gasteiger partial charge in [0.1, 0.15) is 23.5 Å². The lowest BCUT2D eigenvalue weighted by molar-refractivity contribution is -0.115. The number of aliphatic hydroxyl groups excluding tert-OH is 3. The topological polar surface area (TPSA) is 123 Å². The molecule has 0 aliphatic heterocycles. The van der Waals surface area contributed by atoms with Gasteiger partial charge in [0, 0.05) is 5.92 Å². The predicted octanol–water partition coefficient (Wildman–Crippen LogP) is 2.94. The van der Waals surface area contributed by atoms with Gasteiger partial charge in [-0.15, -0.1) is 11.3 Å². The van der Waals surface area contributed by atoms with E-state index < -0.39 is 43.0 Å². The van der Waals surface area contributed by atoms with Crippen molar-refractivity contribution in [3.63, 3.8) is 0 Å². The summed E-state index contributed by atoms with van der Waals surface area (Å²) in [5, 5.41) is 36.6. The van der Waals surface area contributed by atoms with E-state index in [1.54, 1.807) is 6.92 Å². The van der Waals surface area contributed by atoms with Gasteiger partial charge in [-0.05, 0) is 32.4 Å². The minimum Gasteiger partial charge on any atom is -0.393 e. The molecular weight excluding hydrogens is 459 g/mol. The molecule has 4 rings (SSSR count). The maximum atomic E-state index is 12.7. The molecule has 3 aromatic rings. The van der Waals surface area contributed by atoms with E-state index in [2.05, 4.69) is 25.6 Å². The number of para-hydroxylation sites is 1. The van der Waals surface area contributed by atoms with Crippen LogP contribution in [0.25, 0.3) is 20.8 Å². The third-order valence-corrected chi connectivity index (χ3v) is 6.77. The van der Waals surface area contributed by atoms with E-state index in [9.17, 15) is 28.5 Å². The van der Waals surface area contributed by atoms with Crippen LogP contribution in [-0.2, 0) is 0 Å². The van der Waals surface area contributed by atoms with Crippen molar-refractivity contribution in [1.29, 1.82) is 0 Å². The van der Waals surface area contributed by atoms with Gasteiger partial charge in [-0.25, -0.2) is 9.97 Å². The first-order valence-electron chi connectivity index (χ1n) is 10.4. The molecule has 0 radical (unpaired) electrons. The monoisotopic (exact) mass is 483 g/mol. The second-order valence-electron chi connectivity index (χ2n) is 8.18. The molecule has 0 bridgehead atoms. The van der Waals surface area contributed by atoms with Crippen LogP contribution in [0.2, 0.25) is 0 Å². The highest BCUT2D eigenvalue weighted by molar-refractivity contribution is 7.21. The second kappa shape index (κ2) is 9.01. The van der Waals surface area contributed by atoms with Crippen molar-refractivity contribution in [2.75, 3.05) is 17.2 Å². The maximum absolute atomic E-state index is 12.7. The lowest BCUT2D eigenvalue weighted by Gasteiger charge is -2.21. The smallest absolute Gasteiger partial charge is 0.393 e. The van der Waals surface area contributed by atoms with Crippen molar-refractivity contribution >= 4 is 33.3 Å². The molecule has 5 N–H and O–H groups in total. The van der Waals surface area contributed by atoms with Crippen molar-refractivity contribution in [3.05, 3.63) is 30.0 Å². The van der Waals surface area contributed by atoms with Gasteiger partial charge in [0.25, 0.3) is 0 Å². The highest BCUT2D eigenvalue weighted by atomic mass is 32.1. The molecule has 0 saturated heterocycles. The number of aromatic nitrogens is 3. The molecule has 178 valence electrons. The van der Waals surface area contributed by atoms with Crippen LogP contribution in [0.4, 0.5) is 24.9 Å². The Balaban J connectivity index is 1.74. The molecule has 33 heavy (non-hydrogen) atoms. The molecule has 2 heterocycles. The standard InChI is InChI=1S/C21H24F3N5O3S/c1-9-15(19-28-12-5-3-4-6-14(12)33-19)18(29-20(26-9)25-8-21(22,23)24)27-13-7-11(10(2)30)16(31)17(13)32/h3-6,10-11,13,16-17,30-32H,7-8H2,1-2H3,(H2,25,26,27,29)/t10?,11-,13-,16-,17+/m1/s1. The number of nitrogens with one attached hydrogen (secondary N) is 2. The minimum atomic E-state index is -4.45. The molecule has 2 aromatic heterocycles. The van der Waals surface area contributed by atoms with Gasteiger partial charge in [-0.2, -0.15) is 18.2 Å². The minimum absolute atomic E-state index is 0.189. The molecule has 0 spiro atoms. The van der Waals surface area contributed by atoms with Crippen LogP contribution in [0.1, 0.15) is 19.0 Å². The van der Waals surface area contributed by atoms with Gasteiger partial charge in [-0.1, -0.05) is 12.1 Å². The van der Waals surface area contributed by atoms with E-state index in [0.29, 0.717) is 16.3 Å². The normalized spacial score (nSPS) is 24.2. The van der Waals surface area contributed by atoms with Crippen LogP contribution in [-0.4, -0.2) is 67.3 Å². The molecule has 1 aliphatic rings. The average Bonchev–Trinajstić information content (AvgIpc) is 3.28. The van der Waals surface area contributed by atoms with Gasteiger partial charge in [0.2, 0.25) is 5.95 Å². The second-order valence-corrected chi connectivity index (χ2v) is 9.21. The van der Waals surface area contributed by atoms with Crippen LogP contribution >= 0.6 is 11.3 Å². The van der Waals surface area contributed by atoms with E-state index >= 15 is 0 Å². The number of thiazole rings is 1. The molecule has 8 nitrogen and oxygen atoms in total. The Bertz CT molecular complexity index is 1110. The quantitative estimate of drug-likeness (QED) is 0.363. The Morgan fingerprint density at radius 3 is 2.52 bits per heavy atom. The van der Waals surface area contributed by atoms with Gasteiger partial charge in [0.05, 0.1) is 39.7 Å². The molecule has 5 atom stereocenters. The zero-order valence-electron chi connectivity index (χ0n) is 17.8. The van der Waals surface area contributed by atoms with Crippen molar-refractivity contribution in [1.82, 2.24) is 15.0 Å². The summed E-state index contributed by atoms with van der Waals surface area (Å²) in [4.78, 5) is 13.1. The van der Waals surface area contributed by atoms with Crippen LogP contribution in [0.15, 0.2) is 24.3 Å². The number of hydrogen-bond donors (Lipinski definition) is 5. The summed E-state index contributed by atoms with van der Waals surface area (Å²) in [6.45, 7) is 1.87. The first-order valence-corrected chi connectivity index (χ1v) is 11.2. The molecule has 1 aliphatic carbocycles. The number of benzene rings is 1. The van der Waals surface area contributed by atoms with E-state index in [1.807, 2.05) is 24.3 Å². The summed E-state index contributed by atoms with van der Waals surface area (Å²) in [7, 11) is 0. The molecule has 1 unspecified atom stereocenters. The first-order chi connectivity index (χ1) is 15.5. The van der Waals surface area contributed by atoms with Crippen molar-refractivity contribution < 1.29 is 28.5 Å². The fourth-order valence-electron chi connectivity index (χ4n) is 4.04. The number of nitrogens with zero attached hydrogens (tertiary/aromatic N) is 3. The number of hydrogen-bond acceptors (Lipinski definition) is 9. The van der Waals surface area contributed by atoms with Crippen molar-refractivity contribution in [2.45, 2.75) is 50.8 Å². The molecule has 1 aromatic carbocycles. The van der Waals surface area contributed by atoms with E-state index in [4.69, 9.17) is 0 Å². The summed E-state index contributed by atoms with van der Waals surface area (Å²) in [5.41, 5.74) is 1.65. The first kappa shape index (κ1) is 23.6. The fourth-order valence-corrected chi connectivity index (χ4v) is 5.10. The summed E-state index contributed by atoms with van der Waals surface area (Å²) in [6.07, 6.45) is -7.41. The maximum Gasteiger partial charge on any atom is 0.405 e. The highest BCUT2D eigenvalue weighted by Gasteiger charge is 2.44. The number of aliphatic hydroxyl groups is 3. The lowest BCUT2D eigenvalue weighted by atomic mass is 10.00. The summed E-state index contributed by atoms with van der Waals surface area (Å²) < 4.78 is 39.1. The fraction of sp³-hybridized carbons (Fsp3) is 0.476. The van der Waals surface area contributed by atoms with Gasteiger partial charge in [0.15, 0.2) is 0 Å². The van der Waals surface area contributed by atoms with Crippen molar-refractivity contribution in [3.8, 4) is 10.6 Å². The lowest BCUT2D eigenvalue weighted by Crippen LogP contribution is -2.36. The molecule has 1 fully saturated rings. The Labute approximate surface area is 191 Å². The van der Waals surface area contributed by atoms with Crippen LogP contribution in [0, 0.1) is 12.8 Å². The molecule has 1 saturated carbocycles. The van der Waals surface area contributed by atoms with Gasteiger partial charge in [-0.3, -0.25) is 0 Å². The number of alkyl halides is 3. The Morgan fingerprint density at radius 2 is 1.88 bits per heavy atom. The van der Waals surface area contributed by atoms with Crippen LogP contribution in [0.5, 0.6) is 0 Å². The summed E-state index contributed by atoms with van der Waals surface area (Å²) >= 11 is 1.38. The molecule has 0 amide bonds. The average molecular weight is 484 g/mol. The van der Waals surface area contributed by atoms with Crippen molar-refractivity contribution in [2.24, 2.45) is 5.92 Å². The zero-order valence-corrected chi connectivity index (χ0v) is 18.7. The molecule has 12 heteroatoms. The zero-order chi connectivity index (χ0) is 23.9. The summed E-state index contributed by atoms with van der Waals surface area (Å²) in [6, 6.07) is 6.80. The Morgan fingerprint density at radius 1 is 1.15 bits per heavy atom. The Hall–Kier alpha value is -2.54. The number of rotatable bonds is 6. The van der Waals surface area contributed by atoms with Crippen LogP contribution in [0.3, 0.4) is 0 Å². The Kier molecular flexibility index (Phi) is 6.45. The van der Waals surface area contributed by atoms with Gasteiger partial charge < -0.3 is 26.0 Å². The van der Waals surface area contributed by atoms with E-state index in [1.165, 1.54) is 18.3 Å². The molecular formula is C21H24F3N5O3S. The van der Waals surface area contributed by atoms with Crippen LogP contribution < -0.4 is 10.6 Å². The largest absolute Gasteiger partial charge is 0.405 e. The van der Waals surface area contributed by atoms with E-state index in [0.717, 1.165) is 10.2 Å². The highest BCUT2D eigenvalue weighted by Crippen LogP contribution is 2.38. The number of anilines is 2.